The first-order valence-corrected chi connectivity index (χ1v) is 9.90. The number of nitrogens with zero attached hydrogens (tertiary/aromatic N) is 4. The van der Waals surface area contributed by atoms with Crippen LogP contribution >= 0.6 is 0 Å². The lowest BCUT2D eigenvalue weighted by Gasteiger charge is -2.20. The smallest absolute Gasteiger partial charge is 0.197 e. The lowest BCUT2D eigenvalue weighted by Crippen LogP contribution is -2.21. The molecule has 5 rings (SSSR count). The summed E-state index contributed by atoms with van der Waals surface area (Å²) in [6, 6.07) is 10.5. The molecule has 3 heterocycles. The number of methoxy groups -OCH3 is 1. The molecule has 166 valence electrons. The molecule has 3 aromatic heterocycles. The molecular weight excluding hydrogens is 436 g/mol. The molecule has 0 fully saturated rings. The average molecular weight is 452 g/mol. The minimum atomic E-state index is -2.19. The normalized spacial score (nSPS) is 13.4. The van der Waals surface area contributed by atoms with Gasteiger partial charge in [-0.2, -0.15) is 0 Å². The second-order valence-corrected chi connectivity index (χ2v) is 7.74. The Balaban J connectivity index is 1.67. The Morgan fingerprint density at radius 3 is 2.39 bits per heavy atom. The summed E-state index contributed by atoms with van der Waals surface area (Å²) in [7, 11) is 1.50. The maximum atomic E-state index is 16.2. The van der Waals surface area contributed by atoms with Crippen LogP contribution in [0.1, 0.15) is 18.3 Å². The van der Waals surface area contributed by atoms with E-state index < -0.39 is 23.1 Å². The van der Waals surface area contributed by atoms with Gasteiger partial charge in [0.2, 0.25) is 0 Å². The molecule has 2 aromatic carbocycles. The van der Waals surface area contributed by atoms with Crippen molar-refractivity contribution in [3.63, 3.8) is 0 Å². The summed E-state index contributed by atoms with van der Waals surface area (Å²) in [5, 5.41) is 8.33. The Bertz CT molecular complexity index is 1510. The Morgan fingerprint density at radius 1 is 0.909 bits per heavy atom. The van der Waals surface area contributed by atoms with Crippen LogP contribution in [0, 0.1) is 17.5 Å². The van der Waals surface area contributed by atoms with E-state index in [1.165, 1.54) is 20.2 Å². The van der Waals surface area contributed by atoms with Crippen LogP contribution in [0.4, 0.5) is 17.6 Å². The number of rotatable bonds is 4. The molecule has 0 aliphatic rings. The molecule has 0 radical (unpaired) electrons. The average Bonchev–Trinajstić information content (AvgIpc) is 3.23. The zero-order valence-electron chi connectivity index (χ0n) is 17.5. The van der Waals surface area contributed by atoms with Crippen LogP contribution in [0.5, 0.6) is 5.75 Å². The number of halogens is 4. The molecule has 33 heavy (non-hydrogen) atoms. The molecule has 1 atom stereocenters. The molecule has 0 saturated carbocycles. The molecule has 0 amide bonds. The zero-order chi connectivity index (χ0) is 23.3. The fourth-order valence-electron chi connectivity index (χ4n) is 3.80. The second-order valence-electron chi connectivity index (χ2n) is 7.74. The number of pyridine rings is 2. The fraction of sp³-hybridized carbons (Fsp3) is 0.125. The van der Waals surface area contributed by atoms with E-state index in [9.17, 15) is 13.2 Å². The van der Waals surface area contributed by atoms with Crippen LogP contribution in [0.3, 0.4) is 0 Å². The zero-order valence-corrected chi connectivity index (χ0v) is 17.5. The van der Waals surface area contributed by atoms with Gasteiger partial charge in [-0.25, -0.2) is 17.6 Å². The van der Waals surface area contributed by atoms with E-state index in [1.54, 1.807) is 30.5 Å². The van der Waals surface area contributed by atoms with Gasteiger partial charge in [-0.05, 0) is 54.4 Å². The molecule has 0 N–H and O–H groups in total. The Labute approximate surface area is 185 Å². The number of benzene rings is 2. The maximum Gasteiger partial charge on any atom is 0.197 e. The molecule has 0 aliphatic heterocycles. The summed E-state index contributed by atoms with van der Waals surface area (Å²) in [4.78, 5) is 4.27. The van der Waals surface area contributed by atoms with Crippen LogP contribution in [-0.4, -0.2) is 26.7 Å². The predicted molar refractivity (Wildman–Crippen MR) is 114 cm³/mol. The van der Waals surface area contributed by atoms with E-state index in [0.29, 0.717) is 22.7 Å². The van der Waals surface area contributed by atoms with E-state index in [-0.39, 0.29) is 28.2 Å². The standard InChI is InChI=1S/C24H16F4N4O/c1-24(28,16-3-4-21-14(5-16)8-19(33-2)11-29-21)23-31-30-22-20(27)9-15(12-32(22)23)13-6-17(25)10-18(26)7-13/h3-12H,1-2H3. The van der Waals surface area contributed by atoms with Gasteiger partial charge in [-0.15, -0.1) is 10.2 Å². The quantitative estimate of drug-likeness (QED) is 0.333. The van der Waals surface area contributed by atoms with Crippen molar-refractivity contribution in [2.75, 3.05) is 7.11 Å². The van der Waals surface area contributed by atoms with Crippen molar-refractivity contribution in [2.24, 2.45) is 0 Å². The third kappa shape index (κ3) is 3.55. The summed E-state index contributed by atoms with van der Waals surface area (Å²) in [5.74, 6) is -2.11. The van der Waals surface area contributed by atoms with Crippen molar-refractivity contribution < 1.29 is 22.3 Å². The molecule has 0 bridgehead atoms. The third-order valence-electron chi connectivity index (χ3n) is 5.51. The van der Waals surface area contributed by atoms with Gasteiger partial charge in [-0.3, -0.25) is 9.38 Å². The molecule has 9 heteroatoms. The highest BCUT2D eigenvalue weighted by molar-refractivity contribution is 5.80. The first-order chi connectivity index (χ1) is 15.8. The fourth-order valence-corrected chi connectivity index (χ4v) is 3.80. The minimum Gasteiger partial charge on any atom is -0.495 e. The van der Waals surface area contributed by atoms with Crippen LogP contribution in [0.2, 0.25) is 0 Å². The first kappa shape index (κ1) is 20.9. The SMILES string of the molecule is COc1cnc2ccc(C(C)(F)c3nnc4c(F)cc(-c5cc(F)cc(F)c5)cn34)cc2c1. The van der Waals surface area contributed by atoms with Gasteiger partial charge in [0.05, 0.1) is 18.8 Å². The van der Waals surface area contributed by atoms with Crippen LogP contribution in [0.15, 0.2) is 60.9 Å². The van der Waals surface area contributed by atoms with Gasteiger partial charge < -0.3 is 4.74 Å². The summed E-state index contributed by atoms with van der Waals surface area (Å²) in [6.07, 6.45) is 2.91. The van der Waals surface area contributed by atoms with Crippen LogP contribution in [-0.2, 0) is 5.67 Å². The predicted octanol–water partition coefficient (Wildman–Crippen LogP) is 5.60. The van der Waals surface area contributed by atoms with Crippen molar-refractivity contribution >= 4 is 16.6 Å². The van der Waals surface area contributed by atoms with E-state index in [4.69, 9.17) is 4.74 Å². The van der Waals surface area contributed by atoms with Gasteiger partial charge in [0.15, 0.2) is 23.0 Å². The summed E-state index contributed by atoms with van der Waals surface area (Å²) in [6.45, 7) is 1.28. The monoisotopic (exact) mass is 452 g/mol. The third-order valence-corrected chi connectivity index (χ3v) is 5.51. The highest BCUT2D eigenvalue weighted by Crippen LogP contribution is 2.35. The maximum absolute atomic E-state index is 16.2. The van der Waals surface area contributed by atoms with Gasteiger partial charge >= 0.3 is 0 Å². The highest BCUT2D eigenvalue weighted by Gasteiger charge is 2.35. The molecule has 0 aliphatic carbocycles. The Morgan fingerprint density at radius 2 is 1.67 bits per heavy atom. The van der Waals surface area contributed by atoms with E-state index in [2.05, 4.69) is 15.2 Å². The lowest BCUT2D eigenvalue weighted by atomic mass is 9.95. The van der Waals surface area contributed by atoms with Crippen LogP contribution < -0.4 is 4.74 Å². The van der Waals surface area contributed by atoms with Gasteiger partial charge in [0.25, 0.3) is 0 Å². The highest BCUT2D eigenvalue weighted by atomic mass is 19.1. The van der Waals surface area contributed by atoms with Crippen molar-refractivity contribution in [1.29, 1.82) is 0 Å². The summed E-state index contributed by atoms with van der Waals surface area (Å²) in [5.41, 5.74) is -1.28. The molecule has 1 unspecified atom stereocenters. The van der Waals surface area contributed by atoms with Crippen molar-refractivity contribution in [2.45, 2.75) is 12.6 Å². The number of ether oxygens (including phenoxy) is 1. The number of hydrogen-bond acceptors (Lipinski definition) is 4. The van der Waals surface area contributed by atoms with E-state index in [0.717, 1.165) is 22.6 Å². The topological polar surface area (TPSA) is 52.3 Å². The van der Waals surface area contributed by atoms with E-state index >= 15 is 4.39 Å². The van der Waals surface area contributed by atoms with Gasteiger partial charge in [0, 0.05) is 23.2 Å². The molecule has 0 saturated heterocycles. The molecule has 5 nitrogen and oxygen atoms in total. The summed E-state index contributed by atoms with van der Waals surface area (Å²) >= 11 is 0. The lowest BCUT2D eigenvalue weighted by molar-refractivity contribution is 0.234. The second kappa shape index (κ2) is 7.54. The Hall–Kier alpha value is -4.01. The Kier molecular flexibility index (Phi) is 4.77. The van der Waals surface area contributed by atoms with Crippen molar-refractivity contribution in [3.05, 3.63) is 89.8 Å². The minimum absolute atomic E-state index is 0.0948. The number of aromatic nitrogens is 4. The van der Waals surface area contributed by atoms with Crippen LogP contribution in [0.25, 0.3) is 27.7 Å². The largest absolute Gasteiger partial charge is 0.495 e. The number of alkyl halides is 1. The number of hydrogen-bond donors (Lipinski definition) is 0. The van der Waals surface area contributed by atoms with Gasteiger partial charge in [0.1, 0.15) is 17.4 Å². The number of fused-ring (bicyclic) bond motifs is 2. The van der Waals surface area contributed by atoms with Crippen molar-refractivity contribution in [3.8, 4) is 16.9 Å². The first-order valence-electron chi connectivity index (χ1n) is 9.90. The van der Waals surface area contributed by atoms with Gasteiger partial charge in [-0.1, -0.05) is 6.07 Å². The van der Waals surface area contributed by atoms with E-state index in [1.807, 2.05) is 0 Å². The molecule has 0 spiro atoms. The van der Waals surface area contributed by atoms with Crippen molar-refractivity contribution in [1.82, 2.24) is 19.6 Å². The summed E-state index contributed by atoms with van der Waals surface area (Å²) < 4.78 is 64.7. The molecule has 5 aromatic rings. The molecular formula is C24H16F4N4O.